The van der Waals surface area contributed by atoms with Gasteiger partial charge in [-0.3, -0.25) is 5.32 Å². The molecule has 154 valence electrons. The molecular weight excluding hydrogens is 378 g/mol. The van der Waals surface area contributed by atoms with Gasteiger partial charge in [0, 0.05) is 11.6 Å². The Balaban J connectivity index is 1.64. The van der Waals surface area contributed by atoms with Crippen molar-refractivity contribution in [3.63, 3.8) is 0 Å². The number of rotatable bonds is 5. The van der Waals surface area contributed by atoms with Crippen LogP contribution in [-0.4, -0.2) is 38.0 Å². The monoisotopic (exact) mass is 401 g/mol. The lowest BCUT2D eigenvalue weighted by atomic mass is 9.84. The van der Waals surface area contributed by atoms with Gasteiger partial charge < -0.3 is 18.9 Å². The van der Waals surface area contributed by atoms with Crippen molar-refractivity contribution in [1.82, 2.24) is 0 Å². The summed E-state index contributed by atoms with van der Waals surface area (Å²) in [5, 5.41) is 2.60. The van der Waals surface area contributed by atoms with Gasteiger partial charge in [-0.1, -0.05) is 11.6 Å². The van der Waals surface area contributed by atoms with Gasteiger partial charge in [-0.15, -0.1) is 0 Å². The number of ether oxygens (including phenoxy) is 4. The number of esters is 2. The second-order valence-corrected chi connectivity index (χ2v) is 6.71. The molecule has 3 unspecified atom stereocenters. The standard InChI is InChI=1S/C21H23NO7/c1-4-27-18(23)13-6-8-14(9-7-13)22-21(25)29-20-17-12(2)5-10-15(17)16(11-28-20)19(24)26-3/h5-9,11,15,17,20H,4,10H2,1-3H3,(H,22,25). The summed E-state index contributed by atoms with van der Waals surface area (Å²) in [6, 6.07) is 6.26. The lowest BCUT2D eigenvalue weighted by Gasteiger charge is -2.33. The van der Waals surface area contributed by atoms with Crippen LogP contribution in [0.3, 0.4) is 0 Å². The lowest BCUT2D eigenvalue weighted by molar-refractivity contribution is -0.141. The zero-order valence-electron chi connectivity index (χ0n) is 16.5. The Hall–Kier alpha value is -3.29. The topological polar surface area (TPSA) is 100 Å². The van der Waals surface area contributed by atoms with E-state index in [4.69, 9.17) is 18.9 Å². The molecule has 1 aromatic rings. The zero-order valence-corrected chi connectivity index (χ0v) is 16.5. The molecule has 1 amide bonds. The number of benzene rings is 1. The number of amides is 1. The lowest BCUT2D eigenvalue weighted by Crippen LogP contribution is -2.38. The van der Waals surface area contributed by atoms with E-state index in [-0.39, 0.29) is 18.4 Å². The van der Waals surface area contributed by atoms with E-state index in [1.807, 2.05) is 13.0 Å². The number of anilines is 1. The van der Waals surface area contributed by atoms with Crippen molar-refractivity contribution in [2.75, 3.05) is 19.0 Å². The second kappa shape index (κ2) is 8.81. The molecule has 8 nitrogen and oxygen atoms in total. The minimum absolute atomic E-state index is 0.155. The van der Waals surface area contributed by atoms with Crippen molar-refractivity contribution in [3.8, 4) is 0 Å². The van der Waals surface area contributed by atoms with Gasteiger partial charge in [-0.25, -0.2) is 14.4 Å². The SMILES string of the molecule is CCOC(=O)c1ccc(NC(=O)OC2OC=C(C(=O)OC)C3CC=C(C)C23)cc1. The van der Waals surface area contributed by atoms with Crippen LogP contribution in [0.5, 0.6) is 0 Å². The Morgan fingerprint density at radius 2 is 1.90 bits per heavy atom. The molecule has 8 heteroatoms. The van der Waals surface area contributed by atoms with Crippen LogP contribution in [0, 0.1) is 11.8 Å². The van der Waals surface area contributed by atoms with Crippen molar-refractivity contribution in [3.05, 3.63) is 53.3 Å². The highest BCUT2D eigenvalue weighted by atomic mass is 16.7. The third-order valence-corrected chi connectivity index (χ3v) is 4.96. The van der Waals surface area contributed by atoms with Crippen LogP contribution in [0.15, 0.2) is 47.7 Å². The zero-order chi connectivity index (χ0) is 21.0. The van der Waals surface area contributed by atoms with Gasteiger partial charge in [0.2, 0.25) is 0 Å². The van der Waals surface area contributed by atoms with Crippen LogP contribution < -0.4 is 5.32 Å². The summed E-state index contributed by atoms with van der Waals surface area (Å²) < 4.78 is 20.7. The van der Waals surface area contributed by atoms with Crippen molar-refractivity contribution >= 4 is 23.7 Å². The summed E-state index contributed by atoms with van der Waals surface area (Å²) in [6.07, 6.45) is 2.41. The van der Waals surface area contributed by atoms with Crippen LogP contribution in [-0.2, 0) is 23.7 Å². The molecule has 1 aromatic carbocycles. The molecule has 29 heavy (non-hydrogen) atoms. The third-order valence-electron chi connectivity index (χ3n) is 4.96. The van der Waals surface area contributed by atoms with Gasteiger partial charge in [-0.05, 0) is 44.5 Å². The molecule has 3 rings (SSSR count). The number of hydrogen-bond acceptors (Lipinski definition) is 7. The number of fused-ring (bicyclic) bond motifs is 1. The largest absolute Gasteiger partial charge is 0.466 e. The highest BCUT2D eigenvalue weighted by Gasteiger charge is 2.44. The first-order valence-electron chi connectivity index (χ1n) is 9.30. The average Bonchev–Trinajstić information content (AvgIpc) is 3.10. The molecule has 0 saturated carbocycles. The van der Waals surface area contributed by atoms with Crippen LogP contribution in [0.2, 0.25) is 0 Å². The molecule has 0 saturated heterocycles. The molecule has 1 heterocycles. The summed E-state index contributed by atoms with van der Waals surface area (Å²) in [4.78, 5) is 36.0. The molecule has 1 aliphatic heterocycles. The summed E-state index contributed by atoms with van der Waals surface area (Å²) in [6.45, 7) is 3.93. The fraction of sp³-hybridized carbons (Fsp3) is 0.381. The van der Waals surface area contributed by atoms with Gasteiger partial charge in [-0.2, -0.15) is 0 Å². The predicted octanol–water partition coefficient (Wildman–Crippen LogP) is 3.41. The smallest absolute Gasteiger partial charge is 0.414 e. The van der Waals surface area contributed by atoms with Crippen molar-refractivity contribution in [2.24, 2.45) is 11.8 Å². The molecule has 0 fully saturated rings. The van der Waals surface area contributed by atoms with Crippen molar-refractivity contribution < 1.29 is 33.3 Å². The first-order valence-corrected chi connectivity index (χ1v) is 9.30. The number of carbonyl (C=O) groups excluding carboxylic acids is 3. The van der Waals surface area contributed by atoms with E-state index in [0.717, 1.165) is 5.57 Å². The van der Waals surface area contributed by atoms with Gasteiger partial charge >= 0.3 is 18.0 Å². The Bertz CT molecular complexity index is 856. The fourth-order valence-corrected chi connectivity index (χ4v) is 3.53. The maximum Gasteiger partial charge on any atom is 0.414 e. The maximum atomic E-state index is 12.3. The summed E-state index contributed by atoms with van der Waals surface area (Å²) >= 11 is 0. The minimum Gasteiger partial charge on any atom is -0.466 e. The quantitative estimate of drug-likeness (QED) is 0.458. The number of hydrogen-bond donors (Lipinski definition) is 1. The molecular formula is C21H23NO7. The number of methoxy groups -OCH3 is 1. The minimum atomic E-state index is -0.856. The Morgan fingerprint density at radius 1 is 1.17 bits per heavy atom. The fourth-order valence-electron chi connectivity index (χ4n) is 3.53. The summed E-state index contributed by atoms with van der Waals surface area (Å²) in [5.74, 6) is -1.29. The Labute approximate surface area is 168 Å². The number of allylic oxidation sites excluding steroid dienone is 1. The predicted molar refractivity (Wildman–Crippen MR) is 103 cm³/mol. The normalized spacial score (nSPS) is 22.4. The summed E-state index contributed by atoms with van der Waals surface area (Å²) in [7, 11) is 1.32. The van der Waals surface area contributed by atoms with Gasteiger partial charge in [0.1, 0.15) is 0 Å². The van der Waals surface area contributed by atoms with E-state index in [1.165, 1.54) is 13.4 Å². The first kappa shape index (κ1) is 20.4. The number of carbonyl (C=O) groups is 3. The van der Waals surface area contributed by atoms with Crippen LogP contribution in [0.4, 0.5) is 10.5 Å². The molecule has 3 atom stereocenters. The molecule has 0 radical (unpaired) electrons. The average molecular weight is 401 g/mol. The van der Waals surface area contributed by atoms with Crippen molar-refractivity contribution in [1.29, 1.82) is 0 Å². The van der Waals surface area contributed by atoms with E-state index in [2.05, 4.69) is 5.32 Å². The molecule has 2 aliphatic rings. The van der Waals surface area contributed by atoms with Gasteiger partial charge in [0.15, 0.2) is 0 Å². The molecule has 0 aromatic heterocycles. The number of nitrogens with one attached hydrogen (secondary N) is 1. The molecule has 1 N–H and O–H groups in total. The van der Waals surface area contributed by atoms with E-state index in [0.29, 0.717) is 23.2 Å². The highest BCUT2D eigenvalue weighted by Crippen LogP contribution is 2.43. The second-order valence-electron chi connectivity index (χ2n) is 6.71. The van der Waals surface area contributed by atoms with Gasteiger partial charge in [0.05, 0.1) is 37.0 Å². The Morgan fingerprint density at radius 3 is 2.55 bits per heavy atom. The highest BCUT2D eigenvalue weighted by molar-refractivity contribution is 5.91. The summed E-state index contributed by atoms with van der Waals surface area (Å²) in [5.41, 5.74) is 2.26. The van der Waals surface area contributed by atoms with E-state index < -0.39 is 24.3 Å². The molecule has 1 aliphatic carbocycles. The van der Waals surface area contributed by atoms with Crippen LogP contribution >= 0.6 is 0 Å². The Kier molecular flexibility index (Phi) is 6.21. The van der Waals surface area contributed by atoms with E-state index >= 15 is 0 Å². The van der Waals surface area contributed by atoms with Crippen LogP contribution in [0.25, 0.3) is 0 Å². The first-order chi connectivity index (χ1) is 13.9. The maximum absolute atomic E-state index is 12.3. The molecule has 0 bridgehead atoms. The molecule has 0 spiro atoms. The van der Waals surface area contributed by atoms with E-state index in [1.54, 1.807) is 31.2 Å². The van der Waals surface area contributed by atoms with Crippen LogP contribution in [0.1, 0.15) is 30.6 Å². The van der Waals surface area contributed by atoms with Crippen molar-refractivity contribution in [2.45, 2.75) is 26.6 Å². The van der Waals surface area contributed by atoms with E-state index in [9.17, 15) is 14.4 Å². The third kappa shape index (κ3) is 4.42. The van der Waals surface area contributed by atoms with Gasteiger partial charge in [0.25, 0.3) is 6.29 Å².